The lowest BCUT2D eigenvalue weighted by Crippen LogP contribution is -2.17. The highest BCUT2D eigenvalue weighted by Crippen LogP contribution is 2.42. The van der Waals surface area contributed by atoms with E-state index in [1.54, 1.807) is 12.1 Å². The second-order valence-corrected chi connectivity index (χ2v) is 44.4. The molecule has 0 radical (unpaired) electrons. The topological polar surface area (TPSA) is 154 Å². The molecule has 0 aliphatic rings. The Labute approximate surface area is 904 Å². The number of carbonyl (C=O) groups is 2. The third-order valence-electron chi connectivity index (χ3n) is 26.7. The molecular formula is C141H178O9. The molecule has 9 nitrogen and oxygen atoms in total. The second-order valence-electron chi connectivity index (χ2n) is 44.4. The highest BCUT2D eigenvalue weighted by Gasteiger charge is 2.29. The quantitative estimate of drug-likeness (QED) is 0.0267. The fourth-order valence-electron chi connectivity index (χ4n) is 18.0. The summed E-state index contributed by atoms with van der Waals surface area (Å²) in [5.41, 5.74) is 33.3. The molecule has 0 bridgehead atoms. The van der Waals surface area contributed by atoms with Crippen LogP contribution >= 0.6 is 0 Å². The predicted octanol–water partition coefficient (Wildman–Crippen LogP) is 35.6. The first-order valence-corrected chi connectivity index (χ1v) is 52.2. The summed E-state index contributed by atoms with van der Waals surface area (Å²) in [7, 11) is 0. The number of phenols is 5. The summed E-state index contributed by atoms with van der Waals surface area (Å²) in [6, 6.07) is 117. The lowest BCUT2D eigenvalue weighted by molar-refractivity contribution is 0.0492. The standard InChI is InChI=1S/C29H34O3.C29H36O.C26H28O3.2C26H30O.5CH4/c1-5-17-32-28(31)25-19-24(20-26(27(25)30)29(2,3)4)16-13-21-11-14-23(15-12-21)18-22-9-7-6-8-10-22;1-28(2,3)25-19-24(27(30)26(20-25)29(4,5)6)17-16-21-12-14-23(15-13-21)18-22-10-8-7-9-11-22;1-3-15-29-26(28)24-18-23(16-19(2)25(24)27)14-11-20-9-12-22(13-10-20)17-21-7-5-4-6-8-21;1-19-16-23(18-24(25(19)27)26(2,3)4)15-12-20-10-13-22(14-11-20)17-21-8-6-5-7-9-21;1-19-16-23(25(27)24(17-19)26(2,3)4)15-14-20-10-12-22(13-11-20)18-21-8-6-5-7-9-21;;;;;/h6-12,14-15,19-20,30H,5,13,16-18H2,1-4H3;7-15,19-20,30H,16-18H2,1-6H3;4-10,12-13,16,18,27H,3,11,14-15,17H2,1-2H3;5-11,13-14,16,18,27H,12,15,17H2,1-4H3;5-13,16-17,27H,14-15,18H2,1-4H3;5*1H4. The van der Waals surface area contributed by atoms with E-state index in [4.69, 9.17) is 9.47 Å². The highest BCUT2D eigenvalue weighted by molar-refractivity contribution is 5.94. The number of phenolic OH excluding ortho intramolecular Hbond substituents is 5. The molecule has 15 rings (SSSR count). The van der Waals surface area contributed by atoms with Crippen molar-refractivity contribution in [1.82, 2.24) is 0 Å². The van der Waals surface area contributed by atoms with Gasteiger partial charge in [-0.05, 0) is 314 Å². The van der Waals surface area contributed by atoms with E-state index < -0.39 is 11.9 Å². The molecule has 0 unspecified atom stereocenters. The van der Waals surface area contributed by atoms with Crippen molar-refractivity contribution in [3.8, 4) is 28.7 Å². The summed E-state index contributed by atoms with van der Waals surface area (Å²) in [6.07, 6.45) is 15.2. The van der Waals surface area contributed by atoms with Crippen LogP contribution in [0.5, 0.6) is 28.7 Å². The molecular weight excluding hydrogens is 1840 g/mol. The molecule has 5 N–H and O–H groups in total. The molecule has 0 aliphatic heterocycles. The first-order chi connectivity index (χ1) is 69.0. The average Bonchev–Trinajstić information content (AvgIpc) is 0.778. The normalized spacial score (nSPS) is 11.1. The van der Waals surface area contributed by atoms with E-state index in [1.165, 1.54) is 100 Å². The van der Waals surface area contributed by atoms with E-state index in [0.29, 0.717) is 36.0 Å². The van der Waals surface area contributed by atoms with Crippen molar-refractivity contribution in [2.75, 3.05) is 13.2 Å². The van der Waals surface area contributed by atoms with Crippen LogP contribution in [0.3, 0.4) is 0 Å². The Bertz CT molecular complexity index is 6570. The largest absolute Gasteiger partial charge is 0.507 e. The van der Waals surface area contributed by atoms with Crippen molar-refractivity contribution in [3.63, 3.8) is 0 Å². The van der Waals surface area contributed by atoms with Crippen LogP contribution in [-0.2, 0) is 133 Å². The third kappa shape index (κ3) is 39.0. The maximum absolute atomic E-state index is 12.5. The molecule has 0 atom stereocenters. The number of hydrogen-bond donors (Lipinski definition) is 5. The monoisotopic (exact) mass is 2020 g/mol. The Morgan fingerprint density at radius 2 is 0.440 bits per heavy atom. The fourth-order valence-corrected chi connectivity index (χ4v) is 18.0. The smallest absolute Gasteiger partial charge is 0.341 e. The zero-order valence-corrected chi connectivity index (χ0v) is 90.1. The van der Waals surface area contributed by atoms with Crippen molar-refractivity contribution in [1.29, 1.82) is 0 Å². The van der Waals surface area contributed by atoms with Crippen LogP contribution < -0.4 is 0 Å². The number of aromatic hydroxyl groups is 5. The van der Waals surface area contributed by atoms with Gasteiger partial charge < -0.3 is 35.0 Å². The molecule has 150 heavy (non-hydrogen) atoms. The van der Waals surface area contributed by atoms with Gasteiger partial charge in [0.25, 0.3) is 0 Å². The van der Waals surface area contributed by atoms with Gasteiger partial charge in [0.2, 0.25) is 0 Å². The van der Waals surface area contributed by atoms with Crippen LogP contribution in [0, 0.1) is 20.8 Å². The Kier molecular flexibility index (Phi) is 49.1. The minimum Gasteiger partial charge on any atom is -0.507 e. The molecule has 0 aliphatic carbocycles. The summed E-state index contributed by atoms with van der Waals surface area (Å²) < 4.78 is 10.5. The van der Waals surface area contributed by atoms with Crippen LogP contribution in [0.25, 0.3) is 0 Å². The van der Waals surface area contributed by atoms with Crippen molar-refractivity contribution >= 4 is 11.9 Å². The number of carbonyl (C=O) groups excluding carboxylic acids is 2. The van der Waals surface area contributed by atoms with E-state index in [0.717, 1.165) is 159 Å². The van der Waals surface area contributed by atoms with Crippen molar-refractivity contribution in [2.24, 2.45) is 0 Å². The Balaban J connectivity index is 0.000000284. The van der Waals surface area contributed by atoms with Crippen LogP contribution in [0.15, 0.2) is 334 Å². The molecule has 15 aromatic rings. The van der Waals surface area contributed by atoms with Gasteiger partial charge in [-0.15, -0.1) is 0 Å². The third-order valence-corrected chi connectivity index (χ3v) is 26.7. The molecule has 0 aromatic heterocycles. The number of ether oxygens (including phenoxy) is 2. The molecule has 0 saturated carbocycles. The SMILES string of the molecule is C.C.C.C.C.CC(C)(C)c1cc(CCc2ccc(Cc3ccccc3)cc2)c(O)c(C(C)(C)C)c1.CCCOC(=O)c1cc(CCc2ccc(Cc3ccccc3)cc2)cc(C(C)(C)C)c1O.CCCOC(=O)c1cc(CCc2ccc(Cc3ccccc3)cc2)cc(C)c1O.Cc1cc(CCc2ccc(Cc3ccccc3)cc2)c(O)c(C(C)(C)C)c1.Cc1cc(CCc2ccc(Cc3ccccc3)cc2)cc(C(C)(C)C)c1O. The van der Waals surface area contributed by atoms with Gasteiger partial charge in [0.15, 0.2) is 0 Å². The van der Waals surface area contributed by atoms with Gasteiger partial charge in [0.1, 0.15) is 39.9 Å². The van der Waals surface area contributed by atoms with E-state index >= 15 is 0 Å². The molecule has 15 aromatic carbocycles. The minimum atomic E-state index is -0.459. The van der Waals surface area contributed by atoms with Crippen LogP contribution in [-0.4, -0.2) is 50.7 Å². The van der Waals surface area contributed by atoms with Gasteiger partial charge in [-0.2, -0.15) is 0 Å². The summed E-state index contributed by atoms with van der Waals surface area (Å²) in [6.45, 7) is 42.8. The molecule has 9 heteroatoms. The number of aryl methyl sites for hydroxylation is 13. The van der Waals surface area contributed by atoms with E-state index in [9.17, 15) is 35.1 Å². The van der Waals surface area contributed by atoms with Gasteiger partial charge in [-0.1, -0.05) is 482 Å². The molecule has 0 spiro atoms. The van der Waals surface area contributed by atoms with Gasteiger partial charge in [0, 0.05) is 5.56 Å². The highest BCUT2D eigenvalue weighted by atomic mass is 16.5. The Morgan fingerprint density at radius 1 is 0.220 bits per heavy atom. The summed E-state index contributed by atoms with van der Waals surface area (Å²) in [5.74, 6) is 0.510. The number of rotatable bonds is 31. The predicted molar refractivity (Wildman–Crippen MR) is 639 cm³/mol. The summed E-state index contributed by atoms with van der Waals surface area (Å²) in [4.78, 5) is 24.7. The average molecular weight is 2020 g/mol. The van der Waals surface area contributed by atoms with Crippen LogP contribution in [0.4, 0.5) is 0 Å². The van der Waals surface area contributed by atoms with Crippen molar-refractivity contribution in [3.05, 3.63) is 501 Å². The van der Waals surface area contributed by atoms with Gasteiger partial charge in [-0.25, -0.2) is 9.59 Å². The fraction of sp³-hybridized carbons (Fsp3) is 0.348. The van der Waals surface area contributed by atoms with Crippen molar-refractivity contribution < 1.29 is 44.6 Å². The van der Waals surface area contributed by atoms with Crippen LogP contribution in [0.2, 0.25) is 0 Å². The van der Waals surface area contributed by atoms with E-state index in [1.807, 2.05) is 72.7 Å². The first-order valence-electron chi connectivity index (χ1n) is 52.2. The molecule has 0 fully saturated rings. The number of hydrogen-bond acceptors (Lipinski definition) is 9. The molecule has 0 amide bonds. The van der Waals surface area contributed by atoms with Crippen molar-refractivity contribution in [2.45, 2.75) is 312 Å². The Hall–Kier alpha value is -13.8. The second kappa shape index (κ2) is 59.0. The zero-order chi connectivity index (χ0) is 105. The minimum absolute atomic E-state index is 0. The van der Waals surface area contributed by atoms with Gasteiger partial charge >= 0.3 is 11.9 Å². The molecule has 0 heterocycles. The Morgan fingerprint density at radius 3 is 0.720 bits per heavy atom. The van der Waals surface area contributed by atoms with Crippen LogP contribution in [0.1, 0.15) is 344 Å². The van der Waals surface area contributed by atoms with Gasteiger partial charge in [-0.3, -0.25) is 0 Å². The maximum Gasteiger partial charge on any atom is 0.341 e. The van der Waals surface area contributed by atoms with E-state index in [2.05, 4.69) is 387 Å². The first kappa shape index (κ1) is 125. The molecule has 0 saturated heterocycles. The lowest BCUT2D eigenvalue weighted by Gasteiger charge is -2.27. The number of esters is 2. The zero-order valence-electron chi connectivity index (χ0n) is 90.1. The molecule has 796 valence electrons. The van der Waals surface area contributed by atoms with Gasteiger partial charge in [0.05, 0.1) is 13.2 Å². The summed E-state index contributed by atoms with van der Waals surface area (Å²) >= 11 is 0. The van der Waals surface area contributed by atoms with E-state index in [-0.39, 0.29) is 86.8 Å². The lowest BCUT2D eigenvalue weighted by atomic mass is 9.78. The number of benzene rings is 15. The maximum atomic E-state index is 12.5. The summed E-state index contributed by atoms with van der Waals surface area (Å²) in [5, 5.41) is 53.1.